The maximum Gasteiger partial charge on any atom is 0.351 e. The van der Waals surface area contributed by atoms with Gasteiger partial charge in [-0.2, -0.15) is 4.98 Å². The Morgan fingerprint density at radius 3 is 3.04 bits per heavy atom. The third-order valence-corrected chi connectivity index (χ3v) is 5.15. The van der Waals surface area contributed by atoms with Crippen LogP contribution >= 0.6 is 0 Å². The second kappa shape index (κ2) is 8.86. The van der Waals surface area contributed by atoms with E-state index in [9.17, 15) is 4.79 Å². The SMILES string of the molecule is COCCCc1ccc2c(c1)CCn1c-2cc(OCC2COCCO2)nc1=O. The van der Waals surface area contributed by atoms with Crippen LogP contribution in [0.4, 0.5) is 0 Å². The van der Waals surface area contributed by atoms with E-state index in [1.165, 1.54) is 11.1 Å². The summed E-state index contributed by atoms with van der Waals surface area (Å²) < 4.78 is 23.6. The summed E-state index contributed by atoms with van der Waals surface area (Å²) in [6.07, 6.45) is 2.69. The van der Waals surface area contributed by atoms with Gasteiger partial charge in [-0.3, -0.25) is 4.57 Å². The van der Waals surface area contributed by atoms with E-state index in [0.717, 1.165) is 37.1 Å². The molecular formula is C21H26N2O5. The van der Waals surface area contributed by atoms with E-state index in [1.807, 2.05) is 6.07 Å². The van der Waals surface area contributed by atoms with E-state index < -0.39 is 0 Å². The molecule has 7 nitrogen and oxygen atoms in total. The van der Waals surface area contributed by atoms with E-state index in [0.29, 0.717) is 38.9 Å². The van der Waals surface area contributed by atoms with Crippen molar-refractivity contribution in [2.45, 2.75) is 31.9 Å². The minimum atomic E-state index is -0.275. The molecule has 1 atom stereocenters. The van der Waals surface area contributed by atoms with Crippen LogP contribution in [-0.4, -0.2) is 55.8 Å². The van der Waals surface area contributed by atoms with E-state index in [4.69, 9.17) is 18.9 Å². The lowest BCUT2D eigenvalue weighted by atomic mass is 9.94. The van der Waals surface area contributed by atoms with Crippen molar-refractivity contribution in [2.24, 2.45) is 0 Å². The van der Waals surface area contributed by atoms with Gasteiger partial charge in [0.1, 0.15) is 12.7 Å². The fourth-order valence-corrected chi connectivity index (χ4v) is 3.72. The molecule has 0 radical (unpaired) electrons. The maximum atomic E-state index is 12.5. The van der Waals surface area contributed by atoms with Crippen molar-refractivity contribution >= 4 is 0 Å². The molecule has 1 aromatic heterocycles. The summed E-state index contributed by atoms with van der Waals surface area (Å²) in [6, 6.07) is 8.33. The summed E-state index contributed by atoms with van der Waals surface area (Å²) in [5.74, 6) is 0.336. The van der Waals surface area contributed by atoms with Crippen LogP contribution in [0.1, 0.15) is 17.5 Å². The van der Waals surface area contributed by atoms with Gasteiger partial charge in [0.25, 0.3) is 0 Å². The molecule has 2 aliphatic heterocycles. The Bertz CT molecular complexity index is 874. The summed E-state index contributed by atoms with van der Waals surface area (Å²) in [5, 5.41) is 0. The molecule has 2 aromatic rings. The van der Waals surface area contributed by atoms with Crippen molar-refractivity contribution < 1.29 is 18.9 Å². The molecular weight excluding hydrogens is 360 g/mol. The first kappa shape index (κ1) is 19.1. The smallest absolute Gasteiger partial charge is 0.351 e. The molecule has 1 unspecified atom stereocenters. The highest BCUT2D eigenvalue weighted by Gasteiger charge is 2.21. The van der Waals surface area contributed by atoms with E-state index in [1.54, 1.807) is 11.7 Å². The van der Waals surface area contributed by atoms with Gasteiger partial charge in [-0.1, -0.05) is 18.2 Å². The number of fused-ring (bicyclic) bond motifs is 3. The quantitative estimate of drug-likeness (QED) is 0.676. The molecule has 2 aliphatic rings. The van der Waals surface area contributed by atoms with Crippen molar-refractivity contribution in [2.75, 3.05) is 40.1 Å². The molecule has 0 amide bonds. The second-order valence-corrected chi connectivity index (χ2v) is 7.13. The largest absolute Gasteiger partial charge is 0.475 e. The van der Waals surface area contributed by atoms with Gasteiger partial charge < -0.3 is 18.9 Å². The van der Waals surface area contributed by atoms with Crippen molar-refractivity contribution in [1.29, 1.82) is 0 Å². The molecule has 1 saturated heterocycles. The first-order chi connectivity index (χ1) is 13.7. The van der Waals surface area contributed by atoms with Gasteiger partial charge in [-0.05, 0) is 30.4 Å². The molecule has 0 aliphatic carbocycles. The van der Waals surface area contributed by atoms with Gasteiger partial charge in [-0.25, -0.2) is 4.79 Å². The lowest BCUT2D eigenvalue weighted by Gasteiger charge is -2.24. The van der Waals surface area contributed by atoms with Crippen molar-refractivity contribution in [1.82, 2.24) is 9.55 Å². The Balaban J connectivity index is 1.54. The van der Waals surface area contributed by atoms with Crippen LogP contribution in [0.15, 0.2) is 29.1 Å². The molecule has 3 heterocycles. The van der Waals surface area contributed by atoms with Gasteiger partial charge in [0.05, 0.1) is 25.5 Å². The third-order valence-electron chi connectivity index (χ3n) is 5.15. The average Bonchev–Trinajstić information content (AvgIpc) is 2.73. The number of aromatic nitrogens is 2. The lowest BCUT2D eigenvalue weighted by Crippen LogP contribution is -2.34. The summed E-state index contributed by atoms with van der Waals surface area (Å²) in [4.78, 5) is 16.6. The maximum absolute atomic E-state index is 12.5. The highest BCUT2D eigenvalue weighted by Crippen LogP contribution is 2.30. The van der Waals surface area contributed by atoms with Gasteiger partial charge in [0, 0.05) is 31.9 Å². The van der Waals surface area contributed by atoms with E-state index in [2.05, 4.69) is 23.2 Å². The van der Waals surface area contributed by atoms with Crippen molar-refractivity contribution in [3.63, 3.8) is 0 Å². The highest BCUT2D eigenvalue weighted by atomic mass is 16.6. The number of ether oxygens (including phenoxy) is 4. The zero-order chi connectivity index (χ0) is 19.3. The summed E-state index contributed by atoms with van der Waals surface area (Å²) in [7, 11) is 1.72. The number of rotatable bonds is 7. The predicted octanol–water partition coefficient (Wildman–Crippen LogP) is 1.84. The molecule has 0 spiro atoms. The van der Waals surface area contributed by atoms with Gasteiger partial charge in [0.2, 0.25) is 5.88 Å². The normalized spacial score (nSPS) is 18.4. The van der Waals surface area contributed by atoms with Crippen molar-refractivity contribution in [3.8, 4) is 17.1 Å². The van der Waals surface area contributed by atoms with Gasteiger partial charge >= 0.3 is 5.69 Å². The van der Waals surface area contributed by atoms with Gasteiger partial charge in [-0.15, -0.1) is 0 Å². The van der Waals surface area contributed by atoms with Gasteiger partial charge in [0.15, 0.2) is 0 Å². The fraction of sp³-hybridized carbons (Fsp3) is 0.524. The Labute approximate surface area is 164 Å². The summed E-state index contributed by atoms with van der Waals surface area (Å²) in [6.45, 7) is 3.39. The minimum Gasteiger partial charge on any atom is -0.475 e. The zero-order valence-electron chi connectivity index (χ0n) is 16.2. The Kier molecular flexibility index (Phi) is 6.04. The molecule has 28 heavy (non-hydrogen) atoms. The molecule has 150 valence electrons. The molecule has 7 heteroatoms. The van der Waals surface area contributed by atoms with Crippen LogP contribution in [0.2, 0.25) is 0 Å². The minimum absolute atomic E-state index is 0.128. The molecule has 4 rings (SSSR count). The third kappa shape index (κ3) is 4.27. The summed E-state index contributed by atoms with van der Waals surface area (Å²) >= 11 is 0. The number of nitrogens with zero attached hydrogens (tertiary/aromatic N) is 2. The molecule has 1 fully saturated rings. The van der Waals surface area contributed by atoms with Crippen LogP contribution in [0, 0.1) is 0 Å². The first-order valence-corrected chi connectivity index (χ1v) is 9.80. The Morgan fingerprint density at radius 2 is 2.21 bits per heavy atom. The number of aryl methyl sites for hydroxylation is 2. The predicted molar refractivity (Wildman–Crippen MR) is 104 cm³/mol. The van der Waals surface area contributed by atoms with Crippen LogP contribution in [0.25, 0.3) is 11.3 Å². The monoisotopic (exact) mass is 386 g/mol. The molecule has 0 bridgehead atoms. The van der Waals surface area contributed by atoms with Crippen LogP contribution in [0.5, 0.6) is 5.88 Å². The number of methoxy groups -OCH3 is 1. The van der Waals surface area contributed by atoms with Crippen LogP contribution < -0.4 is 10.4 Å². The zero-order valence-corrected chi connectivity index (χ0v) is 16.2. The van der Waals surface area contributed by atoms with Crippen LogP contribution in [-0.2, 0) is 33.6 Å². The number of hydrogen-bond acceptors (Lipinski definition) is 6. The standard InChI is InChI=1S/C21H26N2O5/c1-25-8-2-3-15-4-5-18-16(11-15)6-7-23-19(18)12-20(22-21(23)24)28-14-17-13-26-9-10-27-17/h4-5,11-12,17H,2-3,6-10,13-14H2,1H3. The van der Waals surface area contributed by atoms with E-state index in [-0.39, 0.29) is 11.8 Å². The second-order valence-electron chi connectivity index (χ2n) is 7.13. The van der Waals surface area contributed by atoms with E-state index >= 15 is 0 Å². The lowest BCUT2D eigenvalue weighted by molar-refractivity contribution is -0.102. The summed E-state index contributed by atoms with van der Waals surface area (Å²) in [5.41, 5.74) is 4.22. The number of hydrogen-bond donors (Lipinski definition) is 0. The topological polar surface area (TPSA) is 71.8 Å². The molecule has 1 aromatic carbocycles. The fourth-order valence-electron chi connectivity index (χ4n) is 3.72. The Hall–Kier alpha value is -2.22. The first-order valence-electron chi connectivity index (χ1n) is 9.80. The molecule has 0 N–H and O–H groups in total. The highest BCUT2D eigenvalue weighted by molar-refractivity contribution is 5.67. The Morgan fingerprint density at radius 1 is 1.29 bits per heavy atom. The van der Waals surface area contributed by atoms with Crippen LogP contribution in [0.3, 0.4) is 0 Å². The molecule has 0 saturated carbocycles. The van der Waals surface area contributed by atoms with Crippen molar-refractivity contribution in [3.05, 3.63) is 45.9 Å². The number of benzene rings is 1. The average molecular weight is 386 g/mol.